The van der Waals surface area contributed by atoms with Gasteiger partial charge >= 0.3 is 11.9 Å². The zero-order chi connectivity index (χ0) is 51.3. The highest BCUT2D eigenvalue weighted by Crippen LogP contribution is 2.10. The number of hydrogen-bond donors (Lipinski definition) is 14. The minimum Gasteiger partial charge on any atom is -0.481 e. The maximum Gasteiger partial charge on any atom is 0.327 e. The standard InChI is InChI=1S/C41H72N10O14S/c1-17(2)12-24(42)35(58)43-15-28(53)46-25(13-18(3)4)36(59)44-21(9)33(56)47-26(14-29(54)55)37(60)51-32(23(11)52)40(63)50-31(20(7)8)39(62)49-30(19(5)6)38(61)45-22(10)34(57)48-27(16-66)41(64)65/h17-27,30-32,52,66H,12-16,42H2,1-11H3,(H,43,58)(H,44,59)(H,45,61)(H,46,53)(H,47,56)(H,48,57)(H,49,62)(H,50,63)(H,51,60)(H,54,55)(H,64,65)/t21-,22-,23+,24-,25-,26-,27-,30-,31-,32-/m0/s1. The topological polar surface area (TPSA) is 383 Å². The van der Waals surface area contributed by atoms with Gasteiger partial charge in [0.2, 0.25) is 53.2 Å². The van der Waals surface area contributed by atoms with Gasteiger partial charge in [0.05, 0.1) is 25.1 Å². The first-order valence-electron chi connectivity index (χ1n) is 21.6. The van der Waals surface area contributed by atoms with Crippen LogP contribution in [-0.4, -0.2) is 153 Å². The number of aliphatic hydroxyl groups excluding tert-OH is 1. The number of hydrogen-bond acceptors (Lipinski definition) is 14. The van der Waals surface area contributed by atoms with Gasteiger partial charge < -0.3 is 68.9 Å². The molecule has 0 aliphatic carbocycles. The normalized spacial score (nSPS) is 15.8. The summed E-state index contributed by atoms with van der Waals surface area (Å²) in [6.45, 7) is 16.7. The Morgan fingerprint density at radius 2 is 0.894 bits per heavy atom. The van der Waals surface area contributed by atoms with Gasteiger partial charge in [0.1, 0.15) is 48.3 Å². The quantitative estimate of drug-likeness (QED) is 0.0326. The number of thiol groups is 1. The van der Waals surface area contributed by atoms with E-state index in [1.54, 1.807) is 41.5 Å². The Hall–Kier alpha value is -5.56. The molecule has 0 aromatic rings. The zero-order valence-electron chi connectivity index (χ0n) is 39.5. The molecular weight excluding hydrogens is 889 g/mol. The third kappa shape index (κ3) is 22.1. The Morgan fingerprint density at radius 3 is 1.30 bits per heavy atom. The van der Waals surface area contributed by atoms with E-state index in [0.717, 1.165) is 6.92 Å². The molecule has 0 aliphatic rings. The fraction of sp³-hybridized carbons (Fsp3) is 0.732. The molecule has 0 saturated heterocycles. The third-order valence-corrected chi connectivity index (χ3v) is 10.1. The Bertz CT molecular complexity index is 1730. The predicted octanol–water partition coefficient (Wildman–Crippen LogP) is -3.38. The van der Waals surface area contributed by atoms with Crippen LogP contribution in [0.15, 0.2) is 0 Å². The van der Waals surface area contributed by atoms with Crippen LogP contribution < -0.4 is 53.6 Å². The van der Waals surface area contributed by atoms with Crippen molar-refractivity contribution < 1.29 is 68.1 Å². The molecule has 10 atom stereocenters. The number of aliphatic carboxylic acids is 2. The molecule has 376 valence electrons. The van der Waals surface area contributed by atoms with E-state index < -0.39 is 150 Å². The minimum atomic E-state index is -1.87. The molecule has 0 aliphatic heterocycles. The molecule has 0 heterocycles. The lowest BCUT2D eigenvalue weighted by molar-refractivity contribution is -0.142. The lowest BCUT2D eigenvalue weighted by Crippen LogP contribution is -2.63. The van der Waals surface area contributed by atoms with E-state index in [9.17, 15) is 68.1 Å². The summed E-state index contributed by atoms with van der Waals surface area (Å²) < 4.78 is 0. The van der Waals surface area contributed by atoms with Crippen LogP contribution in [0, 0.1) is 23.7 Å². The minimum absolute atomic E-state index is 0.112. The second kappa shape index (κ2) is 29.2. The number of carboxylic acid groups (broad SMARTS) is 2. The number of carbonyl (C=O) groups is 11. The van der Waals surface area contributed by atoms with E-state index in [1.165, 1.54) is 13.8 Å². The molecule has 0 unspecified atom stereocenters. The molecule has 25 heteroatoms. The largest absolute Gasteiger partial charge is 0.481 e. The highest BCUT2D eigenvalue weighted by atomic mass is 32.1. The molecule has 0 bridgehead atoms. The van der Waals surface area contributed by atoms with Gasteiger partial charge in [0.15, 0.2) is 0 Å². The van der Waals surface area contributed by atoms with Crippen molar-refractivity contribution in [2.45, 2.75) is 156 Å². The van der Waals surface area contributed by atoms with Gasteiger partial charge in [-0.25, -0.2) is 4.79 Å². The van der Waals surface area contributed by atoms with Gasteiger partial charge in [-0.05, 0) is 57.3 Å². The number of amides is 9. The second-order valence-corrected chi connectivity index (χ2v) is 18.0. The van der Waals surface area contributed by atoms with E-state index >= 15 is 0 Å². The summed E-state index contributed by atoms with van der Waals surface area (Å²) in [5, 5.41) is 50.6. The van der Waals surface area contributed by atoms with E-state index in [1.807, 2.05) is 13.8 Å². The van der Waals surface area contributed by atoms with Crippen molar-refractivity contribution >= 4 is 77.7 Å². The maximum atomic E-state index is 13.6. The van der Waals surface area contributed by atoms with Crippen LogP contribution in [0.5, 0.6) is 0 Å². The maximum absolute atomic E-state index is 13.6. The number of carbonyl (C=O) groups excluding carboxylic acids is 9. The molecule has 0 radical (unpaired) electrons. The van der Waals surface area contributed by atoms with Crippen LogP contribution in [0.2, 0.25) is 0 Å². The molecular formula is C41H72N10O14S. The molecule has 0 rings (SSSR count). The summed E-state index contributed by atoms with van der Waals surface area (Å²) in [6.07, 6.45) is -2.19. The molecule has 0 aromatic heterocycles. The number of carboxylic acids is 2. The SMILES string of the molecule is CC(C)C[C@H](NC(=O)CNC(=O)[C@@H](N)CC(C)C)C(=O)N[C@@H](C)C(=O)N[C@@H](CC(=O)O)C(=O)N[C@H](C(=O)N[C@H](C(=O)N[C@H](C(=O)N[C@@H](C)C(=O)N[C@@H](CS)C(=O)O)C(C)C)C(C)C)[C@@H](C)O. The molecule has 0 spiro atoms. The average molecular weight is 961 g/mol. The fourth-order valence-electron chi connectivity index (χ4n) is 5.99. The monoisotopic (exact) mass is 960 g/mol. The van der Waals surface area contributed by atoms with Crippen molar-refractivity contribution in [2.24, 2.45) is 29.4 Å². The van der Waals surface area contributed by atoms with Crippen molar-refractivity contribution in [3.8, 4) is 0 Å². The van der Waals surface area contributed by atoms with Crippen molar-refractivity contribution in [2.75, 3.05) is 12.3 Å². The zero-order valence-corrected chi connectivity index (χ0v) is 40.4. The Balaban J connectivity index is 5.98. The Morgan fingerprint density at radius 1 is 0.485 bits per heavy atom. The Kier molecular flexibility index (Phi) is 26.7. The summed E-state index contributed by atoms with van der Waals surface area (Å²) in [5.74, 6) is -12.4. The van der Waals surface area contributed by atoms with Crippen molar-refractivity contribution in [3.05, 3.63) is 0 Å². The first-order chi connectivity index (χ1) is 30.4. The molecule has 0 aromatic carbocycles. The smallest absolute Gasteiger partial charge is 0.327 e. The summed E-state index contributed by atoms with van der Waals surface area (Å²) >= 11 is 3.89. The molecule has 0 fully saturated rings. The van der Waals surface area contributed by atoms with Crippen LogP contribution in [0.25, 0.3) is 0 Å². The number of nitrogens with one attached hydrogen (secondary N) is 9. The molecule has 0 saturated carbocycles. The van der Waals surface area contributed by atoms with Gasteiger partial charge in [-0.15, -0.1) is 0 Å². The molecule has 66 heavy (non-hydrogen) atoms. The van der Waals surface area contributed by atoms with Crippen molar-refractivity contribution in [1.29, 1.82) is 0 Å². The first kappa shape index (κ1) is 60.4. The predicted molar refractivity (Wildman–Crippen MR) is 242 cm³/mol. The molecule has 24 nitrogen and oxygen atoms in total. The van der Waals surface area contributed by atoms with E-state index in [0.29, 0.717) is 6.42 Å². The lowest BCUT2D eigenvalue weighted by Gasteiger charge is -2.30. The van der Waals surface area contributed by atoms with E-state index in [-0.39, 0.29) is 24.0 Å². The summed E-state index contributed by atoms with van der Waals surface area (Å²) in [7, 11) is 0. The molecule has 14 N–H and O–H groups in total. The average Bonchev–Trinajstić information content (AvgIpc) is 3.19. The first-order valence-corrected chi connectivity index (χ1v) is 22.3. The van der Waals surface area contributed by atoms with Gasteiger partial charge in [-0.1, -0.05) is 55.4 Å². The van der Waals surface area contributed by atoms with Crippen molar-refractivity contribution in [1.82, 2.24) is 47.9 Å². The van der Waals surface area contributed by atoms with Crippen LogP contribution >= 0.6 is 12.6 Å². The van der Waals surface area contributed by atoms with Crippen LogP contribution in [0.3, 0.4) is 0 Å². The number of nitrogens with two attached hydrogens (primary N) is 1. The van der Waals surface area contributed by atoms with Gasteiger partial charge in [0, 0.05) is 5.75 Å². The highest BCUT2D eigenvalue weighted by Gasteiger charge is 2.37. The summed E-state index contributed by atoms with van der Waals surface area (Å²) in [4.78, 5) is 141. The molecule has 9 amide bonds. The van der Waals surface area contributed by atoms with Crippen LogP contribution in [-0.2, 0) is 52.7 Å². The fourth-order valence-corrected chi connectivity index (χ4v) is 6.24. The second-order valence-electron chi connectivity index (χ2n) is 17.6. The van der Waals surface area contributed by atoms with Gasteiger partial charge in [-0.3, -0.25) is 47.9 Å². The lowest BCUT2D eigenvalue weighted by atomic mass is 9.98. The van der Waals surface area contributed by atoms with Crippen LogP contribution in [0.1, 0.15) is 95.4 Å². The number of aliphatic hydroxyl groups is 1. The highest BCUT2D eigenvalue weighted by molar-refractivity contribution is 7.80. The van der Waals surface area contributed by atoms with Gasteiger partial charge in [0.25, 0.3) is 0 Å². The third-order valence-electron chi connectivity index (χ3n) is 9.71. The van der Waals surface area contributed by atoms with Crippen LogP contribution in [0.4, 0.5) is 0 Å². The van der Waals surface area contributed by atoms with E-state index in [2.05, 4.69) is 60.5 Å². The summed E-state index contributed by atoms with van der Waals surface area (Å²) in [5.41, 5.74) is 5.85. The number of rotatable bonds is 29. The summed E-state index contributed by atoms with van der Waals surface area (Å²) in [6, 6.07) is -12.4. The Labute approximate surface area is 390 Å². The van der Waals surface area contributed by atoms with E-state index in [4.69, 9.17) is 5.73 Å². The van der Waals surface area contributed by atoms with Gasteiger partial charge in [-0.2, -0.15) is 12.6 Å². The van der Waals surface area contributed by atoms with Crippen molar-refractivity contribution in [3.63, 3.8) is 0 Å².